The molecule has 0 spiro atoms. The number of nitrogens with one attached hydrogen (secondary N) is 1. The van der Waals surface area contributed by atoms with Gasteiger partial charge in [-0.3, -0.25) is 0 Å². The van der Waals surface area contributed by atoms with Crippen LogP contribution in [0.3, 0.4) is 0 Å². The first-order valence-electron chi connectivity index (χ1n) is 14.3. The minimum atomic E-state index is -0.791. The van der Waals surface area contributed by atoms with Crippen LogP contribution in [0.25, 0.3) is 32.9 Å². The number of hydrogen-bond donors (Lipinski definition) is 2. The van der Waals surface area contributed by atoms with Crippen molar-refractivity contribution >= 4 is 27.6 Å². The van der Waals surface area contributed by atoms with Gasteiger partial charge in [-0.25, -0.2) is 9.37 Å². The van der Waals surface area contributed by atoms with Crippen LogP contribution < -0.4 is 15.0 Å². The molecule has 42 heavy (non-hydrogen) atoms. The van der Waals surface area contributed by atoms with Crippen molar-refractivity contribution in [2.24, 2.45) is 5.41 Å². The normalized spacial score (nSPS) is 20.8. The average molecular weight is 571 g/mol. The molecule has 10 heteroatoms. The van der Waals surface area contributed by atoms with Crippen molar-refractivity contribution in [3.63, 3.8) is 0 Å². The number of halogens is 2. The molecule has 1 aliphatic carbocycles. The Morgan fingerprint density at radius 2 is 1.86 bits per heavy atom. The lowest BCUT2D eigenvalue weighted by atomic mass is 9.94. The van der Waals surface area contributed by atoms with E-state index in [1.54, 1.807) is 6.07 Å². The van der Waals surface area contributed by atoms with E-state index in [4.69, 9.17) is 16.1 Å². The average Bonchev–Trinajstić information content (AvgIpc) is 3.64. The molecule has 8 nitrogen and oxygen atoms in total. The van der Waals surface area contributed by atoms with Crippen molar-refractivity contribution in [1.82, 2.24) is 25.2 Å². The fourth-order valence-electron chi connectivity index (χ4n) is 6.64. The van der Waals surface area contributed by atoms with Gasteiger partial charge in [0, 0.05) is 48.1 Å². The zero-order valence-corrected chi connectivity index (χ0v) is 23.6. The van der Waals surface area contributed by atoms with Crippen LogP contribution in [0, 0.1) is 29.5 Å². The molecule has 2 aliphatic heterocycles. The minimum Gasteiger partial charge on any atom is -0.508 e. The Morgan fingerprint density at radius 3 is 2.55 bits per heavy atom. The molecule has 0 radical (unpaired) electrons. The smallest absolute Gasteiger partial charge is 0.319 e. The summed E-state index contributed by atoms with van der Waals surface area (Å²) < 4.78 is 37.0. The van der Waals surface area contributed by atoms with E-state index in [-0.39, 0.29) is 33.9 Å². The van der Waals surface area contributed by atoms with E-state index >= 15 is 4.39 Å². The van der Waals surface area contributed by atoms with Crippen molar-refractivity contribution in [2.45, 2.75) is 37.8 Å². The molecular weight excluding hydrogens is 538 g/mol. The fourth-order valence-corrected chi connectivity index (χ4v) is 6.64. The summed E-state index contributed by atoms with van der Waals surface area (Å²) in [7, 11) is 4.10. The van der Waals surface area contributed by atoms with Crippen LogP contribution in [-0.4, -0.2) is 77.4 Å². The summed E-state index contributed by atoms with van der Waals surface area (Å²) in [5.74, 6) is 1.42. The highest BCUT2D eigenvalue weighted by Crippen LogP contribution is 2.46. The van der Waals surface area contributed by atoms with E-state index in [2.05, 4.69) is 31.0 Å². The van der Waals surface area contributed by atoms with Crippen LogP contribution in [-0.2, 0) is 0 Å². The lowest BCUT2D eigenvalue weighted by molar-refractivity contribution is 0.183. The molecule has 2 bridgehead atoms. The fraction of sp³-hybridized carbons (Fsp3) is 0.406. The lowest BCUT2D eigenvalue weighted by Crippen LogP contribution is -2.51. The first-order valence-corrected chi connectivity index (χ1v) is 14.3. The van der Waals surface area contributed by atoms with Crippen molar-refractivity contribution < 1.29 is 18.6 Å². The van der Waals surface area contributed by atoms with Crippen LogP contribution in [0.5, 0.6) is 11.8 Å². The summed E-state index contributed by atoms with van der Waals surface area (Å²) in [5.41, 5.74) is 1.06. The molecular formula is C32H32F2N6O2. The van der Waals surface area contributed by atoms with Gasteiger partial charge in [0.25, 0.3) is 0 Å². The van der Waals surface area contributed by atoms with Gasteiger partial charge in [-0.05, 0) is 75.0 Å². The van der Waals surface area contributed by atoms with Gasteiger partial charge in [0.2, 0.25) is 5.95 Å². The number of piperazine rings is 1. The molecule has 2 unspecified atom stereocenters. The van der Waals surface area contributed by atoms with Gasteiger partial charge in [0.15, 0.2) is 5.82 Å². The molecule has 2 saturated heterocycles. The van der Waals surface area contributed by atoms with E-state index in [9.17, 15) is 9.50 Å². The molecule has 2 atom stereocenters. The SMILES string of the molecule is C#Cc1c(F)ccc2cc(O)cc(-c3cc4nc(OCC5(CN(C)C)CC5)nc(N5CC6CCC(C5)N6)c4nc3F)c12. The first kappa shape index (κ1) is 26.8. The van der Waals surface area contributed by atoms with E-state index in [0.29, 0.717) is 46.3 Å². The standard InChI is InChI=1S/C32H32F2N6O2/c1-4-22-25(33)8-5-18-11-21(41)12-23(27(18)22)24-13-26-28(37-29(24)34)30(40-14-19-6-7-20(15-40)35-19)38-31(36-26)42-17-32(9-10-32)16-39(2)3/h1,5,8,11-13,19-20,35,41H,6-7,9-10,14-17H2,2-3H3. The third-order valence-electron chi connectivity index (χ3n) is 8.70. The minimum absolute atomic E-state index is 0.0127. The predicted molar refractivity (Wildman–Crippen MR) is 158 cm³/mol. The highest BCUT2D eigenvalue weighted by Gasteiger charge is 2.44. The predicted octanol–water partition coefficient (Wildman–Crippen LogP) is 4.47. The highest BCUT2D eigenvalue weighted by molar-refractivity contribution is 6.03. The Kier molecular flexibility index (Phi) is 6.40. The molecule has 2 aromatic heterocycles. The molecule has 1 saturated carbocycles. The summed E-state index contributed by atoms with van der Waals surface area (Å²) in [5, 5.41) is 14.9. The van der Waals surface area contributed by atoms with Gasteiger partial charge < -0.3 is 25.0 Å². The second kappa shape index (κ2) is 10.0. The number of fused-ring (bicyclic) bond motifs is 4. The number of aromatic hydroxyl groups is 1. The van der Waals surface area contributed by atoms with Crippen LogP contribution in [0.1, 0.15) is 31.2 Å². The Bertz CT molecular complexity index is 1750. The summed E-state index contributed by atoms with van der Waals surface area (Å²) in [6.07, 6.45) is 9.96. The van der Waals surface area contributed by atoms with Crippen LogP contribution >= 0.6 is 0 Å². The summed E-state index contributed by atoms with van der Waals surface area (Å²) in [4.78, 5) is 18.1. The quantitative estimate of drug-likeness (QED) is 0.249. The summed E-state index contributed by atoms with van der Waals surface area (Å²) in [6.45, 7) is 2.83. The molecule has 216 valence electrons. The van der Waals surface area contributed by atoms with Gasteiger partial charge in [0.05, 0.1) is 17.7 Å². The number of terminal acetylenes is 1. The molecule has 2 N–H and O–H groups in total. The molecule has 4 aromatic rings. The maximum atomic E-state index is 16.0. The number of anilines is 1. The number of benzene rings is 2. The number of aromatic nitrogens is 3. The Hall–Kier alpha value is -4.07. The zero-order valence-electron chi connectivity index (χ0n) is 23.6. The van der Waals surface area contributed by atoms with Crippen LogP contribution in [0.15, 0.2) is 30.3 Å². The topological polar surface area (TPSA) is 86.6 Å². The van der Waals surface area contributed by atoms with Gasteiger partial charge in [-0.2, -0.15) is 14.4 Å². The van der Waals surface area contributed by atoms with Gasteiger partial charge in [-0.15, -0.1) is 6.42 Å². The molecule has 3 aliphatic rings. The summed E-state index contributed by atoms with van der Waals surface area (Å²) in [6, 6.07) is 8.02. The van der Waals surface area contributed by atoms with Crippen molar-refractivity contribution in [3.8, 4) is 35.2 Å². The zero-order chi connectivity index (χ0) is 29.2. The van der Waals surface area contributed by atoms with Gasteiger partial charge in [-0.1, -0.05) is 12.0 Å². The monoisotopic (exact) mass is 570 g/mol. The van der Waals surface area contributed by atoms with Crippen molar-refractivity contribution in [1.29, 1.82) is 0 Å². The maximum Gasteiger partial charge on any atom is 0.319 e. The van der Waals surface area contributed by atoms with E-state index in [0.717, 1.165) is 45.3 Å². The second-order valence-corrected chi connectivity index (χ2v) is 12.3. The molecule has 4 heterocycles. The second-order valence-electron chi connectivity index (χ2n) is 12.3. The van der Waals surface area contributed by atoms with E-state index < -0.39 is 11.8 Å². The van der Waals surface area contributed by atoms with E-state index in [1.165, 1.54) is 24.3 Å². The molecule has 0 amide bonds. The Balaban J connectivity index is 1.38. The molecule has 2 aromatic carbocycles. The molecule has 3 fully saturated rings. The number of pyridine rings is 1. The highest BCUT2D eigenvalue weighted by atomic mass is 19.1. The lowest BCUT2D eigenvalue weighted by Gasteiger charge is -2.34. The number of nitrogens with zero attached hydrogens (tertiary/aromatic N) is 5. The van der Waals surface area contributed by atoms with E-state index in [1.807, 2.05) is 14.1 Å². The van der Waals surface area contributed by atoms with Crippen molar-refractivity contribution in [2.75, 3.05) is 45.2 Å². The van der Waals surface area contributed by atoms with Crippen LogP contribution in [0.4, 0.5) is 14.6 Å². The van der Waals surface area contributed by atoms with Crippen molar-refractivity contribution in [3.05, 3.63) is 47.7 Å². The summed E-state index contributed by atoms with van der Waals surface area (Å²) >= 11 is 0. The molecule has 7 rings (SSSR count). The number of phenolic OH excluding ortho intramolecular Hbond substituents is 1. The first-order chi connectivity index (χ1) is 20.2. The maximum absolute atomic E-state index is 16.0. The number of ether oxygens (including phenoxy) is 1. The number of phenols is 1. The Morgan fingerprint density at radius 1 is 1.10 bits per heavy atom. The Labute approximate surface area is 242 Å². The third-order valence-corrected chi connectivity index (χ3v) is 8.70. The number of hydrogen-bond acceptors (Lipinski definition) is 8. The number of rotatable bonds is 7. The van der Waals surface area contributed by atoms with Crippen LogP contribution in [0.2, 0.25) is 0 Å². The van der Waals surface area contributed by atoms with Gasteiger partial charge in [0.1, 0.15) is 17.1 Å². The third kappa shape index (κ3) is 4.76. The van der Waals surface area contributed by atoms with Gasteiger partial charge >= 0.3 is 6.01 Å². The largest absolute Gasteiger partial charge is 0.508 e.